The third-order valence-electron chi connectivity index (χ3n) is 2.09. The molecular weight excluding hydrogens is 210 g/mol. The van der Waals surface area contributed by atoms with Gasteiger partial charge in [0.1, 0.15) is 0 Å². The van der Waals surface area contributed by atoms with Crippen LogP contribution in [0.2, 0.25) is 0 Å². The van der Waals surface area contributed by atoms with Gasteiger partial charge in [-0.2, -0.15) is 0 Å². The van der Waals surface area contributed by atoms with Gasteiger partial charge < -0.3 is 15.2 Å². The smallest absolute Gasteiger partial charge is 0.306 e. The fourth-order valence-corrected chi connectivity index (χ4v) is 1.18. The van der Waals surface area contributed by atoms with E-state index in [1.165, 1.54) is 7.11 Å². The molecule has 0 fully saturated rings. The molecule has 0 spiro atoms. The van der Waals surface area contributed by atoms with Gasteiger partial charge in [-0.3, -0.25) is 9.59 Å². The molecular formula is C11H19NO4. The zero-order valence-electron chi connectivity index (χ0n) is 9.95. The van der Waals surface area contributed by atoms with Crippen LogP contribution in [-0.4, -0.2) is 36.7 Å². The Hall–Kier alpha value is -1.36. The molecule has 0 bridgehead atoms. The van der Waals surface area contributed by atoms with Crippen LogP contribution in [0.1, 0.15) is 26.7 Å². The third-order valence-corrected chi connectivity index (χ3v) is 2.09. The van der Waals surface area contributed by atoms with E-state index >= 15 is 0 Å². The molecule has 0 aromatic rings. The zero-order valence-corrected chi connectivity index (χ0v) is 9.95. The van der Waals surface area contributed by atoms with E-state index in [9.17, 15) is 9.59 Å². The van der Waals surface area contributed by atoms with Crippen molar-refractivity contribution in [3.63, 3.8) is 0 Å². The summed E-state index contributed by atoms with van der Waals surface area (Å²) < 4.78 is 4.94. The minimum atomic E-state index is -0.943. The van der Waals surface area contributed by atoms with Crippen molar-refractivity contribution in [2.45, 2.75) is 32.8 Å². The minimum Gasteiger partial charge on any atom is -0.481 e. The summed E-state index contributed by atoms with van der Waals surface area (Å²) in [4.78, 5) is 21.9. The summed E-state index contributed by atoms with van der Waals surface area (Å²) in [6.45, 7) is 3.87. The number of hydrogen-bond donors (Lipinski definition) is 2. The Kier molecular flexibility index (Phi) is 7.20. The molecule has 0 aliphatic carbocycles. The summed E-state index contributed by atoms with van der Waals surface area (Å²) in [7, 11) is 1.43. The van der Waals surface area contributed by atoms with E-state index < -0.39 is 12.1 Å². The molecule has 92 valence electrons. The van der Waals surface area contributed by atoms with Gasteiger partial charge in [0.05, 0.1) is 12.5 Å². The number of carboxylic acid groups (broad SMARTS) is 1. The summed E-state index contributed by atoms with van der Waals surface area (Å²) in [6, 6.07) is 0. The molecule has 1 unspecified atom stereocenters. The van der Waals surface area contributed by atoms with E-state index in [-0.39, 0.29) is 18.9 Å². The van der Waals surface area contributed by atoms with Crippen LogP contribution in [0.25, 0.3) is 0 Å². The van der Waals surface area contributed by atoms with Crippen molar-refractivity contribution in [2.75, 3.05) is 13.7 Å². The average Bonchev–Trinajstić information content (AvgIpc) is 2.23. The Bertz CT molecular complexity index is 273. The van der Waals surface area contributed by atoms with Crippen molar-refractivity contribution in [3.05, 3.63) is 11.6 Å². The first-order chi connectivity index (χ1) is 7.51. The van der Waals surface area contributed by atoms with Crippen LogP contribution in [-0.2, 0) is 14.3 Å². The van der Waals surface area contributed by atoms with Crippen LogP contribution < -0.4 is 5.32 Å². The summed E-state index contributed by atoms with van der Waals surface area (Å²) in [5.41, 5.74) is 0.632. The maximum absolute atomic E-state index is 11.5. The predicted octanol–water partition coefficient (Wildman–Crippen LogP) is 0.949. The summed E-state index contributed by atoms with van der Waals surface area (Å²) in [5, 5.41) is 11.2. The Labute approximate surface area is 95.5 Å². The highest BCUT2D eigenvalue weighted by Crippen LogP contribution is 1.98. The van der Waals surface area contributed by atoms with Crippen molar-refractivity contribution in [1.29, 1.82) is 0 Å². The molecule has 5 heteroatoms. The number of carbonyl (C=O) groups excluding carboxylic acids is 1. The molecule has 0 heterocycles. The lowest BCUT2D eigenvalue weighted by molar-refractivity contribution is -0.140. The maximum Gasteiger partial charge on any atom is 0.306 e. The monoisotopic (exact) mass is 229 g/mol. The summed E-state index contributed by atoms with van der Waals surface area (Å²) >= 11 is 0. The van der Waals surface area contributed by atoms with E-state index in [1.807, 2.05) is 13.0 Å². The fraction of sp³-hybridized carbons (Fsp3) is 0.636. The van der Waals surface area contributed by atoms with E-state index in [1.54, 1.807) is 6.92 Å². The van der Waals surface area contributed by atoms with Gasteiger partial charge >= 0.3 is 5.97 Å². The lowest BCUT2D eigenvalue weighted by atomic mass is 10.2. The number of methoxy groups -OCH3 is 1. The highest BCUT2D eigenvalue weighted by molar-refractivity contribution is 5.92. The maximum atomic E-state index is 11.5. The van der Waals surface area contributed by atoms with Crippen molar-refractivity contribution in [2.24, 2.45) is 0 Å². The molecule has 0 saturated heterocycles. The van der Waals surface area contributed by atoms with Crippen LogP contribution in [0, 0.1) is 0 Å². The van der Waals surface area contributed by atoms with Gasteiger partial charge in [-0.1, -0.05) is 13.0 Å². The van der Waals surface area contributed by atoms with E-state index in [2.05, 4.69) is 5.32 Å². The van der Waals surface area contributed by atoms with Gasteiger partial charge in [-0.25, -0.2) is 0 Å². The second kappa shape index (κ2) is 7.87. The molecule has 1 amide bonds. The zero-order chi connectivity index (χ0) is 12.6. The van der Waals surface area contributed by atoms with Crippen LogP contribution in [0.5, 0.6) is 0 Å². The number of allylic oxidation sites excluding steroid dienone is 1. The largest absolute Gasteiger partial charge is 0.481 e. The topological polar surface area (TPSA) is 75.6 Å². The van der Waals surface area contributed by atoms with Gasteiger partial charge in [0.25, 0.3) is 0 Å². The van der Waals surface area contributed by atoms with Gasteiger partial charge in [0.2, 0.25) is 5.91 Å². The van der Waals surface area contributed by atoms with Crippen LogP contribution in [0.3, 0.4) is 0 Å². The Morgan fingerprint density at radius 2 is 2.12 bits per heavy atom. The Balaban J connectivity index is 4.06. The molecule has 0 aliphatic heterocycles. The number of carboxylic acids is 1. The predicted molar refractivity (Wildman–Crippen MR) is 60.1 cm³/mol. The summed E-state index contributed by atoms with van der Waals surface area (Å²) in [6.07, 6.45) is 2.00. The minimum absolute atomic E-state index is 0.118. The standard InChI is InChI=1S/C11H19NO4/c1-4-5-8(2)11(15)12-7-9(16-3)6-10(13)14/h5,9H,4,6-7H2,1-3H3,(H,12,15)(H,13,14)/b8-5-. The lowest BCUT2D eigenvalue weighted by Gasteiger charge is -2.13. The lowest BCUT2D eigenvalue weighted by Crippen LogP contribution is -2.34. The number of amides is 1. The van der Waals surface area contributed by atoms with Crippen molar-refractivity contribution in [3.8, 4) is 0 Å². The first kappa shape index (κ1) is 14.6. The second-order valence-electron chi connectivity index (χ2n) is 3.46. The van der Waals surface area contributed by atoms with E-state index in [4.69, 9.17) is 9.84 Å². The van der Waals surface area contributed by atoms with Gasteiger partial charge in [-0.05, 0) is 13.3 Å². The normalized spacial score (nSPS) is 13.3. The fourth-order valence-electron chi connectivity index (χ4n) is 1.18. The van der Waals surface area contributed by atoms with Crippen LogP contribution in [0.15, 0.2) is 11.6 Å². The number of nitrogens with one attached hydrogen (secondary N) is 1. The number of carbonyl (C=O) groups is 2. The van der Waals surface area contributed by atoms with Crippen molar-refractivity contribution in [1.82, 2.24) is 5.32 Å². The molecule has 0 aliphatic rings. The Morgan fingerprint density at radius 1 is 1.50 bits per heavy atom. The molecule has 0 rings (SSSR count). The first-order valence-electron chi connectivity index (χ1n) is 5.20. The molecule has 0 aromatic carbocycles. The number of ether oxygens (including phenoxy) is 1. The molecule has 1 atom stereocenters. The van der Waals surface area contributed by atoms with Crippen LogP contribution in [0.4, 0.5) is 0 Å². The third kappa shape index (κ3) is 6.19. The molecule has 0 aromatic heterocycles. The second-order valence-corrected chi connectivity index (χ2v) is 3.46. The quantitative estimate of drug-likeness (QED) is 0.637. The highest BCUT2D eigenvalue weighted by atomic mass is 16.5. The first-order valence-corrected chi connectivity index (χ1v) is 5.20. The van der Waals surface area contributed by atoms with E-state index in [0.717, 1.165) is 6.42 Å². The number of aliphatic carboxylic acids is 1. The van der Waals surface area contributed by atoms with Gasteiger partial charge in [0.15, 0.2) is 0 Å². The summed E-state index contributed by atoms with van der Waals surface area (Å²) in [5.74, 6) is -1.13. The van der Waals surface area contributed by atoms with Gasteiger partial charge in [-0.15, -0.1) is 0 Å². The van der Waals surface area contributed by atoms with Crippen molar-refractivity contribution < 1.29 is 19.4 Å². The molecule has 16 heavy (non-hydrogen) atoms. The average molecular weight is 229 g/mol. The van der Waals surface area contributed by atoms with Crippen LogP contribution >= 0.6 is 0 Å². The molecule has 5 nitrogen and oxygen atoms in total. The number of hydrogen-bond acceptors (Lipinski definition) is 3. The molecule has 0 saturated carbocycles. The van der Waals surface area contributed by atoms with Gasteiger partial charge in [0, 0.05) is 19.2 Å². The Morgan fingerprint density at radius 3 is 2.56 bits per heavy atom. The molecule has 0 radical (unpaired) electrons. The van der Waals surface area contributed by atoms with Crippen molar-refractivity contribution >= 4 is 11.9 Å². The number of rotatable bonds is 7. The molecule has 2 N–H and O–H groups in total. The SMILES string of the molecule is CC/C=C(/C)C(=O)NCC(CC(=O)O)OC. The van der Waals surface area contributed by atoms with E-state index in [0.29, 0.717) is 5.57 Å². The highest BCUT2D eigenvalue weighted by Gasteiger charge is 2.13.